The van der Waals surface area contributed by atoms with Crippen LogP contribution >= 0.6 is 11.8 Å². The lowest BCUT2D eigenvalue weighted by molar-refractivity contribution is -0.121. The second-order valence-corrected chi connectivity index (χ2v) is 6.44. The molecule has 108 valence electrons. The van der Waals surface area contributed by atoms with Crippen LogP contribution in [0.4, 0.5) is 0 Å². The van der Waals surface area contributed by atoms with E-state index in [2.05, 4.69) is 16.7 Å². The van der Waals surface area contributed by atoms with Gasteiger partial charge in [-0.15, -0.1) is 0 Å². The minimum atomic E-state index is 0.0741. The first-order valence-electron chi connectivity index (χ1n) is 7.13. The number of hydrogen-bond acceptors (Lipinski definition) is 4. The summed E-state index contributed by atoms with van der Waals surface area (Å²) >= 11 is 1.91. The number of carbonyl (C=O) groups excluding carboxylic acids is 1. The van der Waals surface area contributed by atoms with Gasteiger partial charge in [-0.05, 0) is 11.6 Å². The zero-order valence-corrected chi connectivity index (χ0v) is 12.2. The number of carbonyl (C=O) groups is 1. The van der Waals surface area contributed by atoms with Crippen LogP contribution in [0.1, 0.15) is 12.0 Å². The zero-order valence-electron chi connectivity index (χ0n) is 11.4. The van der Waals surface area contributed by atoms with Crippen molar-refractivity contribution >= 4 is 17.7 Å². The topological polar surface area (TPSA) is 50.4 Å². The second kappa shape index (κ2) is 6.50. The van der Waals surface area contributed by atoms with Gasteiger partial charge < -0.3 is 15.4 Å². The fraction of sp³-hybridized carbons (Fsp3) is 0.533. The summed E-state index contributed by atoms with van der Waals surface area (Å²) in [6, 6.07) is 8.39. The van der Waals surface area contributed by atoms with Gasteiger partial charge in [-0.1, -0.05) is 18.2 Å². The Morgan fingerprint density at radius 1 is 1.45 bits per heavy atom. The van der Waals surface area contributed by atoms with Crippen LogP contribution in [0.5, 0.6) is 5.75 Å². The minimum Gasteiger partial charge on any atom is -0.488 e. The molecule has 2 aliphatic heterocycles. The summed E-state index contributed by atoms with van der Waals surface area (Å²) in [7, 11) is 0. The van der Waals surface area contributed by atoms with Gasteiger partial charge in [0.2, 0.25) is 5.91 Å². The number of fused-ring (bicyclic) bond motifs is 1. The summed E-state index contributed by atoms with van der Waals surface area (Å²) in [5.74, 6) is 3.24. The van der Waals surface area contributed by atoms with E-state index in [4.69, 9.17) is 4.74 Å². The van der Waals surface area contributed by atoms with Gasteiger partial charge in [0.05, 0.1) is 6.54 Å². The van der Waals surface area contributed by atoms with Crippen LogP contribution in [0, 0.1) is 0 Å². The van der Waals surface area contributed by atoms with Crippen LogP contribution < -0.4 is 15.4 Å². The summed E-state index contributed by atoms with van der Waals surface area (Å²) in [5, 5.41) is 6.37. The first kappa shape index (κ1) is 13.8. The predicted octanol–water partition coefficient (Wildman–Crippen LogP) is 1.20. The van der Waals surface area contributed by atoms with Crippen molar-refractivity contribution in [3.05, 3.63) is 29.8 Å². The average Bonchev–Trinajstić information content (AvgIpc) is 2.89. The van der Waals surface area contributed by atoms with Crippen molar-refractivity contribution in [1.29, 1.82) is 0 Å². The molecule has 2 atom stereocenters. The monoisotopic (exact) mass is 292 g/mol. The van der Waals surface area contributed by atoms with E-state index >= 15 is 0 Å². The number of amides is 1. The van der Waals surface area contributed by atoms with Gasteiger partial charge in [0.1, 0.15) is 11.9 Å². The summed E-state index contributed by atoms with van der Waals surface area (Å²) in [6.07, 6.45) is 1.52. The van der Waals surface area contributed by atoms with E-state index in [9.17, 15) is 4.79 Å². The van der Waals surface area contributed by atoms with E-state index in [1.807, 2.05) is 30.0 Å². The number of nitrogens with one attached hydrogen (secondary N) is 2. The van der Waals surface area contributed by atoms with Crippen LogP contribution in [0.15, 0.2) is 24.3 Å². The number of para-hydroxylation sites is 1. The normalized spacial score (nSPS) is 24.8. The molecule has 2 N–H and O–H groups in total. The van der Waals surface area contributed by atoms with Crippen molar-refractivity contribution < 1.29 is 9.53 Å². The third kappa shape index (κ3) is 3.46. The highest BCUT2D eigenvalue weighted by Crippen LogP contribution is 2.27. The smallest absolute Gasteiger partial charge is 0.221 e. The van der Waals surface area contributed by atoms with E-state index in [-0.39, 0.29) is 12.0 Å². The molecule has 0 radical (unpaired) electrons. The van der Waals surface area contributed by atoms with Crippen molar-refractivity contribution in [2.75, 3.05) is 24.6 Å². The Hall–Kier alpha value is -1.20. The molecule has 0 saturated carbocycles. The maximum atomic E-state index is 11.9. The van der Waals surface area contributed by atoms with Gasteiger partial charge >= 0.3 is 0 Å². The fourth-order valence-electron chi connectivity index (χ4n) is 2.64. The highest BCUT2D eigenvalue weighted by atomic mass is 32.2. The Balaban J connectivity index is 1.41. The molecule has 1 aromatic rings. The molecule has 1 aromatic carbocycles. The molecule has 4 nitrogen and oxygen atoms in total. The first-order valence-corrected chi connectivity index (χ1v) is 8.29. The highest BCUT2D eigenvalue weighted by Gasteiger charge is 2.23. The van der Waals surface area contributed by atoms with Gasteiger partial charge in [0, 0.05) is 36.9 Å². The molecule has 2 aliphatic rings. The molecule has 3 rings (SSSR count). The highest BCUT2D eigenvalue weighted by molar-refractivity contribution is 7.99. The lowest BCUT2D eigenvalue weighted by Crippen LogP contribution is -2.43. The van der Waals surface area contributed by atoms with Gasteiger partial charge in [-0.25, -0.2) is 0 Å². The van der Waals surface area contributed by atoms with Crippen molar-refractivity contribution in [3.63, 3.8) is 0 Å². The molecular weight excluding hydrogens is 272 g/mol. The van der Waals surface area contributed by atoms with Gasteiger partial charge in [0.15, 0.2) is 0 Å². The molecule has 0 aliphatic carbocycles. The molecule has 1 amide bonds. The van der Waals surface area contributed by atoms with Crippen LogP contribution in [-0.2, 0) is 11.2 Å². The van der Waals surface area contributed by atoms with Crippen LogP contribution in [0.25, 0.3) is 0 Å². The van der Waals surface area contributed by atoms with Gasteiger partial charge in [-0.3, -0.25) is 4.79 Å². The molecule has 0 bridgehead atoms. The maximum Gasteiger partial charge on any atom is 0.221 e. The van der Waals surface area contributed by atoms with E-state index < -0.39 is 0 Å². The summed E-state index contributed by atoms with van der Waals surface area (Å²) < 4.78 is 5.81. The Bertz CT molecular complexity index is 450. The second-order valence-electron chi connectivity index (χ2n) is 5.29. The van der Waals surface area contributed by atoms with Crippen molar-refractivity contribution in [2.24, 2.45) is 0 Å². The van der Waals surface area contributed by atoms with E-state index in [0.29, 0.717) is 19.0 Å². The standard InChI is InChI=1S/C15H20N2O2S/c18-15(8-12-10-20-6-5-16-12)17-9-13-7-11-3-1-2-4-14(11)19-13/h1-4,12-13,16H,5-10H2,(H,17,18). The Morgan fingerprint density at radius 2 is 2.35 bits per heavy atom. The van der Waals surface area contributed by atoms with E-state index in [1.165, 1.54) is 5.56 Å². The molecule has 2 heterocycles. The molecule has 1 saturated heterocycles. The van der Waals surface area contributed by atoms with E-state index in [1.54, 1.807) is 0 Å². The number of rotatable bonds is 4. The third-order valence-electron chi connectivity index (χ3n) is 3.67. The summed E-state index contributed by atoms with van der Waals surface area (Å²) in [5.41, 5.74) is 1.23. The van der Waals surface area contributed by atoms with Crippen molar-refractivity contribution in [1.82, 2.24) is 10.6 Å². The number of ether oxygens (including phenoxy) is 1. The summed E-state index contributed by atoms with van der Waals surface area (Å²) in [4.78, 5) is 11.9. The van der Waals surface area contributed by atoms with E-state index in [0.717, 1.165) is 30.2 Å². The molecular formula is C15H20N2O2S. The quantitative estimate of drug-likeness (QED) is 0.875. The number of thioether (sulfide) groups is 1. The zero-order chi connectivity index (χ0) is 13.8. The number of hydrogen-bond donors (Lipinski definition) is 2. The van der Waals surface area contributed by atoms with Gasteiger partial charge in [-0.2, -0.15) is 11.8 Å². The van der Waals surface area contributed by atoms with Crippen molar-refractivity contribution in [3.8, 4) is 5.75 Å². The SMILES string of the molecule is O=C(CC1CSCCN1)NCC1Cc2ccccc2O1. The van der Waals surface area contributed by atoms with Crippen LogP contribution in [-0.4, -0.2) is 42.6 Å². The molecule has 0 aromatic heterocycles. The largest absolute Gasteiger partial charge is 0.488 e. The molecule has 0 spiro atoms. The molecule has 2 unspecified atom stereocenters. The number of benzene rings is 1. The Labute approximate surface area is 123 Å². The Kier molecular flexibility index (Phi) is 4.47. The van der Waals surface area contributed by atoms with Gasteiger partial charge in [0.25, 0.3) is 0 Å². The molecule has 5 heteroatoms. The maximum absolute atomic E-state index is 11.9. The third-order valence-corrected chi connectivity index (χ3v) is 4.80. The average molecular weight is 292 g/mol. The minimum absolute atomic E-state index is 0.0741. The summed E-state index contributed by atoms with van der Waals surface area (Å²) in [6.45, 7) is 1.59. The lowest BCUT2D eigenvalue weighted by Gasteiger charge is -2.22. The van der Waals surface area contributed by atoms with Crippen LogP contribution in [0.2, 0.25) is 0 Å². The fourth-order valence-corrected chi connectivity index (χ4v) is 3.59. The predicted molar refractivity (Wildman–Crippen MR) is 81.3 cm³/mol. The first-order chi connectivity index (χ1) is 9.81. The molecule has 20 heavy (non-hydrogen) atoms. The lowest BCUT2D eigenvalue weighted by atomic mass is 10.1. The van der Waals surface area contributed by atoms with Crippen molar-refractivity contribution in [2.45, 2.75) is 25.0 Å². The van der Waals surface area contributed by atoms with Crippen LogP contribution in [0.3, 0.4) is 0 Å². The Morgan fingerprint density at radius 3 is 3.15 bits per heavy atom. The molecule has 1 fully saturated rings.